The van der Waals surface area contributed by atoms with Gasteiger partial charge in [0.25, 0.3) is 11.7 Å². The Morgan fingerprint density at radius 3 is 2.64 bits per heavy atom. The molecule has 8 nitrogen and oxygen atoms in total. The average Bonchev–Trinajstić information content (AvgIpc) is 3.17. The van der Waals surface area contributed by atoms with Crippen molar-refractivity contribution in [1.82, 2.24) is 24.5 Å². The van der Waals surface area contributed by atoms with Crippen molar-refractivity contribution in [1.29, 1.82) is 0 Å². The zero-order chi connectivity index (χ0) is 16.0. The number of fused-ring (bicyclic) bond motifs is 1. The lowest BCUT2D eigenvalue weighted by Crippen LogP contribution is -2.45. The molecular formula is C14H17N5O3. The summed E-state index contributed by atoms with van der Waals surface area (Å²) in [5.41, 5.74) is 1.60. The molecule has 2 heterocycles. The van der Waals surface area contributed by atoms with Crippen LogP contribution < -0.4 is 0 Å². The summed E-state index contributed by atoms with van der Waals surface area (Å²) in [7, 11) is 0. The van der Waals surface area contributed by atoms with Crippen molar-refractivity contribution >= 4 is 17.7 Å². The summed E-state index contributed by atoms with van der Waals surface area (Å²) in [5, 5.41) is 13.4. The lowest BCUT2D eigenvalue weighted by Gasteiger charge is -2.24. The van der Waals surface area contributed by atoms with Crippen molar-refractivity contribution in [3.63, 3.8) is 0 Å². The molecule has 0 saturated heterocycles. The summed E-state index contributed by atoms with van der Waals surface area (Å²) >= 11 is 0. The molecule has 2 aromatic heterocycles. The second-order valence-corrected chi connectivity index (χ2v) is 5.64. The number of amides is 1. The number of nitrogens with zero attached hydrogens (tertiary/aromatic N) is 5. The third kappa shape index (κ3) is 2.40. The maximum atomic E-state index is 12.6. The minimum absolute atomic E-state index is 0.0128. The number of carbonyl (C=O) groups excluding carboxylic acids is 1. The second kappa shape index (κ2) is 5.04. The Labute approximate surface area is 126 Å². The molecule has 3 rings (SSSR count). The minimum atomic E-state index is -1.03. The predicted octanol–water partition coefficient (Wildman–Crippen LogP) is 0.819. The van der Waals surface area contributed by atoms with Gasteiger partial charge in [0.05, 0.1) is 0 Å². The van der Waals surface area contributed by atoms with Crippen LogP contribution in [-0.4, -0.2) is 53.5 Å². The van der Waals surface area contributed by atoms with Crippen LogP contribution in [0, 0.1) is 13.8 Å². The molecule has 8 heteroatoms. The quantitative estimate of drug-likeness (QED) is 0.897. The Hall–Kier alpha value is -2.51. The first kappa shape index (κ1) is 14.4. The summed E-state index contributed by atoms with van der Waals surface area (Å²) < 4.78 is 1.50. The topological polar surface area (TPSA) is 101 Å². The Bertz CT molecular complexity index is 765. The standard InChI is InChI=1S/C14H17N5O3/c1-7-6-8(2)19-14(15-7)16-11(17-19)12(20)18(10-4-5-10)9(3)13(21)22/h6,9-10H,4-5H2,1-3H3,(H,21,22). The molecule has 1 aliphatic carbocycles. The lowest BCUT2D eigenvalue weighted by atomic mass is 10.2. The fourth-order valence-electron chi connectivity index (χ4n) is 2.50. The third-order valence-electron chi connectivity index (χ3n) is 3.76. The Balaban J connectivity index is 2.00. The van der Waals surface area contributed by atoms with Gasteiger partial charge in [-0.1, -0.05) is 0 Å². The predicted molar refractivity (Wildman–Crippen MR) is 76.5 cm³/mol. The molecule has 1 unspecified atom stereocenters. The van der Waals surface area contributed by atoms with Gasteiger partial charge in [0.2, 0.25) is 5.82 Å². The van der Waals surface area contributed by atoms with E-state index in [-0.39, 0.29) is 11.9 Å². The molecule has 0 bridgehead atoms. The van der Waals surface area contributed by atoms with Crippen LogP contribution in [0.4, 0.5) is 0 Å². The number of aryl methyl sites for hydroxylation is 2. The van der Waals surface area contributed by atoms with Crippen LogP contribution >= 0.6 is 0 Å². The van der Waals surface area contributed by atoms with Gasteiger partial charge in [0.1, 0.15) is 6.04 Å². The van der Waals surface area contributed by atoms with Crippen molar-refractivity contribution in [3.05, 3.63) is 23.3 Å². The van der Waals surface area contributed by atoms with Gasteiger partial charge in [0, 0.05) is 17.4 Å². The highest BCUT2D eigenvalue weighted by atomic mass is 16.4. The molecule has 0 spiro atoms. The van der Waals surface area contributed by atoms with E-state index < -0.39 is 17.9 Å². The van der Waals surface area contributed by atoms with Crippen molar-refractivity contribution in [2.75, 3.05) is 0 Å². The molecule has 0 radical (unpaired) electrons. The monoisotopic (exact) mass is 303 g/mol. The van der Waals surface area contributed by atoms with Crippen LogP contribution in [0.25, 0.3) is 5.78 Å². The smallest absolute Gasteiger partial charge is 0.326 e. The van der Waals surface area contributed by atoms with Crippen LogP contribution in [0.5, 0.6) is 0 Å². The molecular weight excluding hydrogens is 286 g/mol. The van der Waals surface area contributed by atoms with Gasteiger partial charge in [-0.05, 0) is 39.7 Å². The number of rotatable bonds is 4. The van der Waals surface area contributed by atoms with Gasteiger partial charge in [-0.3, -0.25) is 4.79 Å². The van der Waals surface area contributed by atoms with Crippen molar-refractivity contribution in [2.24, 2.45) is 0 Å². The first-order chi connectivity index (χ1) is 10.4. The zero-order valence-corrected chi connectivity index (χ0v) is 12.6. The molecule has 1 N–H and O–H groups in total. The fraction of sp³-hybridized carbons (Fsp3) is 0.500. The highest BCUT2D eigenvalue weighted by molar-refractivity contribution is 5.94. The van der Waals surface area contributed by atoms with E-state index in [9.17, 15) is 14.7 Å². The number of carboxylic acid groups (broad SMARTS) is 1. The molecule has 1 saturated carbocycles. The van der Waals surface area contributed by atoms with E-state index >= 15 is 0 Å². The first-order valence-electron chi connectivity index (χ1n) is 7.15. The summed E-state index contributed by atoms with van der Waals surface area (Å²) in [6, 6.07) is 0.900. The molecule has 22 heavy (non-hydrogen) atoms. The number of hydrogen-bond donors (Lipinski definition) is 1. The average molecular weight is 303 g/mol. The van der Waals surface area contributed by atoms with E-state index in [1.54, 1.807) is 0 Å². The van der Waals surface area contributed by atoms with E-state index in [1.807, 2.05) is 19.9 Å². The maximum absolute atomic E-state index is 12.6. The molecule has 1 aliphatic rings. The van der Waals surface area contributed by atoms with Crippen molar-refractivity contribution < 1.29 is 14.7 Å². The van der Waals surface area contributed by atoms with Gasteiger partial charge in [-0.15, -0.1) is 5.10 Å². The molecule has 2 aromatic rings. The number of carboxylic acids is 1. The molecule has 0 aliphatic heterocycles. The summed E-state index contributed by atoms with van der Waals surface area (Å²) in [6.45, 7) is 5.19. The zero-order valence-electron chi connectivity index (χ0n) is 12.6. The van der Waals surface area contributed by atoms with Crippen molar-refractivity contribution in [2.45, 2.75) is 45.7 Å². The maximum Gasteiger partial charge on any atom is 0.326 e. The number of hydrogen-bond acceptors (Lipinski definition) is 5. The minimum Gasteiger partial charge on any atom is -0.480 e. The van der Waals surface area contributed by atoms with E-state index in [1.165, 1.54) is 16.3 Å². The summed E-state index contributed by atoms with van der Waals surface area (Å²) in [6.07, 6.45) is 1.63. The van der Waals surface area contributed by atoms with Gasteiger partial charge >= 0.3 is 5.97 Å². The van der Waals surface area contributed by atoms with Crippen LogP contribution in [0.15, 0.2) is 6.07 Å². The normalized spacial score (nSPS) is 15.8. The lowest BCUT2D eigenvalue weighted by molar-refractivity contribution is -0.141. The van der Waals surface area contributed by atoms with Gasteiger partial charge in [-0.25, -0.2) is 14.3 Å². The highest BCUT2D eigenvalue weighted by Gasteiger charge is 2.40. The largest absolute Gasteiger partial charge is 0.480 e. The number of aliphatic carboxylic acids is 1. The van der Waals surface area contributed by atoms with Crippen LogP contribution in [0.2, 0.25) is 0 Å². The Morgan fingerprint density at radius 1 is 1.36 bits per heavy atom. The second-order valence-electron chi connectivity index (χ2n) is 5.64. The first-order valence-corrected chi connectivity index (χ1v) is 7.15. The molecule has 116 valence electrons. The van der Waals surface area contributed by atoms with E-state index in [0.717, 1.165) is 24.2 Å². The summed E-state index contributed by atoms with van der Waals surface area (Å²) in [5.74, 6) is -1.16. The SMILES string of the molecule is Cc1cc(C)n2nc(C(=O)N(C3CC3)C(C)C(=O)O)nc2n1. The highest BCUT2D eigenvalue weighted by Crippen LogP contribution is 2.29. The molecule has 0 aromatic carbocycles. The van der Waals surface area contributed by atoms with Crippen molar-refractivity contribution in [3.8, 4) is 0 Å². The third-order valence-corrected chi connectivity index (χ3v) is 3.76. The Kier molecular flexibility index (Phi) is 3.31. The Morgan fingerprint density at radius 2 is 2.05 bits per heavy atom. The number of carbonyl (C=O) groups is 2. The van der Waals surface area contributed by atoms with Crippen LogP contribution in [-0.2, 0) is 4.79 Å². The van der Waals surface area contributed by atoms with Gasteiger partial charge in [0.15, 0.2) is 0 Å². The number of aromatic nitrogens is 4. The van der Waals surface area contributed by atoms with Gasteiger partial charge in [-0.2, -0.15) is 4.98 Å². The molecule has 1 amide bonds. The van der Waals surface area contributed by atoms with E-state index in [2.05, 4.69) is 15.1 Å². The van der Waals surface area contributed by atoms with E-state index in [0.29, 0.717) is 5.78 Å². The van der Waals surface area contributed by atoms with Crippen LogP contribution in [0.1, 0.15) is 41.8 Å². The summed E-state index contributed by atoms with van der Waals surface area (Å²) in [4.78, 5) is 33.6. The fourth-order valence-corrected chi connectivity index (χ4v) is 2.50. The molecule has 1 atom stereocenters. The van der Waals surface area contributed by atoms with E-state index in [4.69, 9.17) is 0 Å². The van der Waals surface area contributed by atoms with Gasteiger partial charge < -0.3 is 10.0 Å². The van der Waals surface area contributed by atoms with Crippen LogP contribution in [0.3, 0.4) is 0 Å². The molecule has 1 fully saturated rings.